The third-order valence-electron chi connectivity index (χ3n) is 2.43. The van der Waals surface area contributed by atoms with Crippen LogP contribution in [0, 0.1) is 0 Å². The molecule has 0 saturated heterocycles. The molecule has 0 radical (unpaired) electrons. The minimum atomic E-state index is 0.429. The van der Waals surface area contributed by atoms with Gasteiger partial charge in [-0.25, -0.2) is 0 Å². The summed E-state index contributed by atoms with van der Waals surface area (Å²) in [5, 5.41) is 11.1. The Bertz CT molecular complexity index is 441. The molecule has 1 unspecified atom stereocenters. The van der Waals surface area contributed by atoms with E-state index in [1.165, 1.54) is 4.88 Å². The van der Waals surface area contributed by atoms with Gasteiger partial charge in [-0.05, 0) is 34.3 Å². The van der Waals surface area contributed by atoms with E-state index >= 15 is 0 Å². The van der Waals surface area contributed by atoms with E-state index in [0.29, 0.717) is 6.04 Å². The van der Waals surface area contributed by atoms with Crippen LogP contribution in [0.2, 0.25) is 0 Å². The van der Waals surface area contributed by atoms with E-state index in [-0.39, 0.29) is 0 Å². The normalized spacial score (nSPS) is 12.7. The minimum absolute atomic E-state index is 0.429. The Balaban J connectivity index is 2.02. The van der Waals surface area contributed by atoms with Gasteiger partial charge in [-0.15, -0.1) is 21.5 Å². The van der Waals surface area contributed by atoms with Gasteiger partial charge < -0.3 is 4.90 Å². The second-order valence-corrected chi connectivity index (χ2v) is 6.85. The predicted octanol–water partition coefficient (Wildman–Crippen LogP) is 3.43. The van der Waals surface area contributed by atoms with Gasteiger partial charge in [-0.1, -0.05) is 17.4 Å². The van der Waals surface area contributed by atoms with Gasteiger partial charge in [0.1, 0.15) is 0 Å². The van der Waals surface area contributed by atoms with Gasteiger partial charge in [0, 0.05) is 24.4 Å². The molecule has 2 heterocycles. The summed E-state index contributed by atoms with van der Waals surface area (Å²) in [7, 11) is 2.06. The maximum Gasteiger partial charge on any atom is 0.209 e. The Hall–Kier alpha value is -0.460. The monoisotopic (exact) mass is 317 g/mol. The Morgan fingerprint density at radius 2 is 2.31 bits per heavy atom. The number of thiophene rings is 1. The molecular formula is C10H12BrN3S2. The lowest BCUT2D eigenvalue weighted by Crippen LogP contribution is -2.30. The molecule has 0 aliphatic heterocycles. The molecule has 0 bridgehead atoms. The molecule has 2 aromatic rings. The van der Waals surface area contributed by atoms with E-state index in [1.54, 1.807) is 22.7 Å². The van der Waals surface area contributed by atoms with E-state index in [1.807, 2.05) is 0 Å². The van der Waals surface area contributed by atoms with E-state index in [0.717, 1.165) is 15.5 Å². The molecule has 0 amide bonds. The van der Waals surface area contributed by atoms with Crippen LogP contribution in [0.5, 0.6) is 0 Å². The summed E-state index contributed by atoms with van der Waals surface area (Å²) in [6.07, 6.45) is 1.05. The van der Waals surface area contributed by atoms with Crippen molar-refractivity contribution < 1.29 is 0 Å². The first-order valence-corrected chi connectivity index (χ1v) is 7.40. The van der Waals surface area contributed by atoms with E-state index < -0.39 is 0 Å². The number of hydrogen-bond donors (Lipinski definition) is 0. The summed E-state index contributed by atoms with van der Waals surface area (Å²) in [6.45, 7) is 2.20. The third-order valence-corrected chi connectivity index (χ3v) is 4.77. The summed E-state index contributed by atoms with van der Waals surface area (Å²) in [5.74, 6) is 0. The van der Waals surface area contributed by atoms with E-state index in [4.69, 9.17) is 0 Å². The van der Waals surface area contributed by atoms with Crippen LogP contribution in [0.4, 0.5) is 5.13 Å². The van der Waals surface area contributed by atoms with Crippen molar-refractivity contribution in [1.82, 2.24) is 10.2 Å². The summed E-state index contributed by atoms with van der Waals surface area (Å²) in [5.41, 5.74) is 0. The van der Waals surface area contributed by atoms with Crippen molar-refractivity contribution in [2.24, 2.45) is 0 Å². The first-order chi connectivity index (χ1) is 7.66. The van der Waals surface area contributed by atoms with Crippen LogP contribution in [0.3, 0.4) is 0 Å². The van der Waals surface area contributed by atoms with Gasteiger partial charge in [-0.3, -0.25) is 0 Å². The van der Waals surface area contributed by atoms with Crippen molar-refractivity contribution in [3.05, 3.63) is 26.3 Å². The Morgan fingerprint density at radius 3 is 2.88 bits per heavy atom. The van der Waals surface area contributed by atoms with Crippen LogP contribution in [0.15, 0.2) is 21.4 Å². The van der Waals surface area contributed by atoms with Crippen LogP contribution in [-0.2, 0) is 6.42 Å². The maximum atomic E-state index is 4.12. The zero-order chi connectivity index (χ0) is 11.5. The highest BCUT2D eigenvalue weighted by Crippen LogP contribution is 2.25. The number of halogens is 1. The lowest BCUT2D eigenvalue weighted by atomic mass is 10.2. The van der Waals surface area contributed by atoms with Crippen LogP contribution >= 0.6 is 38.6 Å². The summed E-state index contributed by atoms with van der Waals surface area (Å²) in [4.78, 5) is 3.57. The summed E-state index contributed by atoms with van der Waals surface area (Å²) >= 11 is 6.69. The molecule has 0 aliphatic rings. The fraction of sp³-hybridized carbons (Fsp3) is 0.400. The third kappa shape index (κ3) is 2.81. The zero-order valence-electron chi connectivity index (χ0n) is 9.05. The van der Waals surface area contributed by atoms with E-state index in [9.17, 15) is 0 Å². The summed E-state index contributed by atoms with van der Waals surface area (Å²) < 4.78 is 0.831. The molecule has 16 heavy (non-hydrogen) atoms. The van der Waals surface area contributed by atoms with E-state index in [2.05, 4.69) is 62.5 Å². The lowest BCUT2D eigenvalue weighted by Gasteiger charge is -2.23. The quantitative estimate of drug-likeness (QED) is 0.865. The highest BCUT2D eigenvalue weighted by Gasteiger charge is 2.14. The number of aromatic nitrogens is 2. The van der Waals surface area contributed by atoms with Crippen LogP contribution in [0.25, 0.3) is 0 Å². The van der Waals surface area contributed by atoms with Crippen LogP contribution < -0.4 is 4.90 Å². The Labute approximate surface area is 111 Å². The molecule has 0 aliphatic carbocycles. The van der Waals surface area contributed by atoms with Crippen molar-refractivity contribution in [3.8, 4) is 0 Å². The largest absolute Gasteiger partial charge is 0.347 e. The first kappa shape index (κ1) is 12.0. The highest BCUT2D eigenvalue weighted by molar-refractivity contribution is 9.11. The number of anilines is 1. The van der Waals surface area contributed by atoms with Crippen molar-refractivity contribution in [1.29, 1.82) is 0 Å². The lowest BCUT2D eigenvalue weighted by molar-refractivity contribution is 0.683. The topological polar surface area (TPSA) is 29.0 Å². The predicted molar refractivity (Wildman–Crippen MR) is 73.5 cm³/mol. The van der Waals surface area contributed by atoms with Crippen molar-refractivity contribution >= 4 is 43.7 Å². The molecule has 6 heteroatoms. The van der Waals surface area contributed by atoms with Gasteiger partial charge in [0.25, 0.3) is 0 Å². The average molecular weight is 318 g/mol. The van der Waals surface area contributed by atoms with Gasteiger partial charge in [0.15, 0.2) is 3.92 Å². The first-order valence-electron chi connectivity index (χ1n) is 4.91. The molecule has 0 spiro atoms. The maximum absolute atomic E-state index is 4.12. The van der Waals surface area contributed by atoms with Crippen molar-refractivity contribution in [3.63, 3.8) is 0 Å². The van der Waals surface area contributed by atoms with Gasteiger partial charge in [-0.2, -0.15) is 0 Å². The number of nitrogens with zero attached hydrogens (tertiary/aromatic N) is 3. The number of likely N-dealkylation sites (N-methyl/N-ethyl adjacent to an activating group) is 1. The molecule has 2 aromatic heterocycles. The number of hydrogen-bond acceptors (Lipinski definition) is 5. The fourth-order valence-electron chi connectivity index (χ4n) is 1.39. The molecule has 2 rings (SSSR count). The summed E-state index contributed by atoms with van der Waals surface area (Å²) in [6, 6.07) is 4.69. The fourth-order valence-corrected chi connectivity index (χ4v) is 3.36. The Morgan fingerprint density at radius 1 is 1.50 bits per heavy atom. The highest BCUT2D eigenvalue weighted by atomic mass is 79.9. The standard InChI is InChI=1S/C10H12BrN3S2/c1-7(6-8-4-3-5-15-8)14(2)10-13-12-9(11)16-10/h3-5,7H,6H2,1-2H3. The molecule has 86 valence electrons. The second kappa shape index (κ2) is 5.25. The van der Waals surface area contributed by atoms with Crippen molar-refractivity contribution in [2.45, 2.75) is 19.4 Å². The Kier molecular flexibility index (Phi) is 3.94. The van der Waals surface area contributed by atoms with Crippen molar-refractivity contribution in [2.75, 3.05) is 11.9 Å². The minimum Gasteiger partial charge on any atom is -0.347 e. The van der Waals surface area contributed by atoms with Gasteiger partial charge in [0.2, 0.25) is 5.13 Å². The van der Waals surface area contributed by atoms with Gasteiger partial charge in [0.05, 0.1) is 0 Å². The molecule has 3 nitrogen and oxygen atoms in total. The van der Waals surface area contributed by atoms with Crippen LogP contribution in [0.1, 0.15) is 11.8 Å². The zero-order valence-corrected chi connectivity index (χ0v) is 12.3. The molecule has 0 aromatic carbocycles. The molecule has 0 fully saturated rings. The molecule has 0 N–H and O–H groups in total. The molecule has 0 saturated carbocycles. The molecular weight excluding hydrogens is 306 g/mol. The average Bonchev–Trinajstić information content (AvgIpc) is 2.88. The second-order valence-electron chi connectivity index (χ2n) is 3.58. The van der Waals surface area contributed by atoms with Gasteiger partial charge >= 0.3 is 0 Å². The smallest absolute Gasteiger partial charge is 0.209 e. The molecule has 1 atom stereocenters. The number of rotatable bonds is 4. The SMILES string of the molecule is CC(Cc1cccs1)N(C)c1nnc(Br)s1. The van der Waals surface area contributed by atoms with Crippen LogP contribution in [-0.4, -0.2) is 23.3 Å².